The molecule has 1 aliphatic rings. The van der Waals surface area contributed by atoms with Gasteiger partial charge in [-0.15, -0.1) is 0 Å². The maximum Gasteiger partial charge on any atom is 0.410 e. The third kappa shape index (κ3) is 5.14. The molecular formula is C15H25NO6. The highest BCUT2D eigenvalue weighted by Crippen LogP contribution is 2.23. The van der Waals surface area contributed by atoms with Gasteiger partial charge in [-0.1, -0.05) is 11.8 Å². The van der Waals surface area contributed by atoms with E-state index in [1.807, 2.05) is 0 Å². The summed E-state index contributed by atoms with van der Waals surface area (Å²) in [7, 11) is 1.47. The van der Waals surface area contributed by atoms with Crippen molar-refractivity contribution in [1.82, 2.24) is 4.90 Å². The number of carbonyl (C=O) groups excluding carboxylic acids is 1. The van der Waals surface area contributed by atoms with Gasteiger partial charge in [-0.2, -0.15) is 0 Å². The van der Waals surface area contributed by atoms with Crippen LogP contribution in [0.3, 0.4) is 0 Å². The molecule has 126 valence electrons. The number of carbonyl (C=O) groups is 1. The zero-order valence-corrected chi connectivity index (χ0v) is 13.4. The van der Waals surface area contributed by atoms with Crippen LogP contribution >= 0.6 is 0 Å². The Morgan fingerprint density at radius 1 is 1.36 bits per heavy atom. The molecule has 1 rings (SSSR count). The van der Waals surface area contributed by atoms with Crippen molar-refractivity contribution in [1.29, 1.82) is 0 Å². The molecule has 4 atom stereocenters. The molecule has 0 saturated carbocycles. The number of hydrogen-bond donors (Lipinski definition) is 3. The fraction of sp³-hybridized carbons (Fsp3) is 0.800. The van der Waals surface area contributed by atoms with Gasteiger partial charge in [0.15, 0.2) is 0 Å². The molecule has 7 heteroatoms. The summed E-state index contributed by atoms with van der Waals surface area (Å²) in [5.41, 5.74) is -0.668. The Hall–Kier alpha value is -1.33. The lowest BCUT2D eigenvalue weighted by atomic mass is 9.94. The molecule has 1 fully saturated rings. The van der Waals surface area contributed by atoms with Gasteiger partial charge in [0.2, 0.25) is 0 Å². The lowest BCUT2D eigenvalue weighted by Gasteiger charge is -2.42. The summed E-state index contributed by atoms with van der Waals surface area (Å²) in [4.78, 5) is 13.3. The van der Waals surface area contributed by atoms with Crippen LogP contribution in [0.1, 0.15) is 27.2 Å². The van der Waals surface area contributed by atoms with Crippen LogP contribution in [0.2, 0.25) is 0 Å². The SMILES string of the molecule is CN(C(=O)OC(C)(C)C)[C@H]1[C@@H](O)[C@@H](CC#CCO)OC[C@H]1O. The number of ether oxygens (including phenoxy) is 2. The van der Waals surface area contributed by atoms with Gasteiger partial charge in [-0.25, -0.2) is 4.79 Å². The van der Waals surface area contributed by atoms with Gasteiger partial charge in [0.1, 0.15) is 24.4 Å². The highest BCUT2D eigenvalue weighted by Gasteiger charge is 2.43. The smallest absolute Gasteiger partial charge is 0.410 e. The van der Waals surface area contributed by atoms with Gasteiger partial charge >= 0.3 is 6.09 Å². The second-order valence-corrected chi connectivity index (χ2v) is 6.23. The molecule has 3 N–H and O–H groups in total. The molecule has 7 nitrogen and oxygen atoms in total. The fourth-order valence-corrected chi connectivity index (χ4v) is 2.22. The summed E-state index contributed by atoms with van der Waals surface area (Å²) >= 11 is 0. The highest BCUT2D eigenvalue weighted by molar-refractivity contribution is 5.68. The highest BCUT2D eigenvalue weighted by atomic mass is 16.6. The maximum absolute atomic E-state index is 12.1. The molecule has 1 heterocycles. The Kier molecular flexibility index (Phi) is 6.63. The summed E-state index contributed by atoms with van der Waals surface area (Å²) in [6.07, 6.45) is -3.19. The lowest BCUT2D eigenvalue weighted by Crippen LogP contribution is -2.61. The molecule has 0 unspecified atom stereocenters. The zero-order chi connectivity index (χ0) is 16.9. The van der Waals surface area contributed by atoms with E-state index in [4.69, 9.17) is 14.6 Å². The molecule has 0 spiro atoms. The molecule has 0 aromatic rings. The predicted molar refractivity (Wildman–Crippen MR) is 79.0 cm³/mol. The van der Waals surface area contributed by atoms with Crippen LogP contribution in [-0.2, 0) is 9.47 Å². The predicted octanol–water partition coefficient (Wildman–Crippen LogP) is -0.272. The third-order valence-electron chi connectivity index (χ3n) is 3.24. The number of hydrogen-bond acceptors (Lipinski definition) is 6. The van der Waals surface area contributed by atoms with Crippen LogP contribution in [0.25, 0.3) is 0 Å². The minimum absolute atomic E-state index is 0.0136. The minimum atomic E-state index is -1.10. The molecule has 1 amide bonds. The van der Waals surface area contributed by atoms with Gasteiger partial charge < -0.3 is 29.7 Å². The average Bonchev–Trinajstić information content (AvgIpc) is 2.39. The second kappa shape index (κ2) is 7.79. The number of rotatable bonds is 2. The van der Waals surface area contributed by atoms with Crippen LogP contribution in [0.5, 0.6) is 0 Å². The Morgan fingerprint density at radius 3 is 2.55 bits per heavy atom. The van der Waals surface area contributed by atoms with E-state index in [0.29, 0.717) is 0 Å². The Bertz CT molecular complexity index is 436. The van der Waals surface area contributed by atoms with Gasteiger partial charge in [0.25, 0.3) is 0 Å². The van der Waals surface area contributed by atoms with Gasteiger partial charge in [-0.3, -0.25) is 0 Å². The van der Waals surface area contributed by atoms with E-state index in [2.05, 4.69) is 11.8 Å². The fourth-order valence-electron chi connectivity index (χ4n) is 2.22. The van der Waals surface area contributed by atoms with E-state index in [-0.39, 0.29) is 19.6 Å². The first-order valence-electron chi connectivity index (χ1n) is 7.17. The quantitative estimate of drug-likeness (QED) is 0.607. The standard InChI is InChI=1S/C15H25NO6/c1-15(2,3)22-14(20)16(4)12-10(18)9-21-11(13(12)19)7-5-6-8-17/h10-13,17-19H,7-9H2,1-4H3/t10-,11-,12-,13+/m1/s1. The van der Waals surface area contributed by atoms with Crippen LogP contribution in [0.4, 0.5) is 4.79 Å². The first kappa shape index (κ1) is 18.7. The summed E-state index contributed by atoms with van der Waals surface area (Å²) < 4.78 is 10.6. The number of nitrogens with zero attached hydrogens (tertiary/aromatic N) is 1. The van der Waals surface area contributed by atoms with Gasteiger partial charge in [-0.05, 0) is 20.8 Å². The normalized spacial score (nSPS) is 28.5. The molecule has 0 aromatic carbocycles. The first-order chi connectivity index (χ1) is 10.2. The third-order valence-corrected chi connectivity index (χ3v) is 3.24. The van der Waals surface area contributed by atoms with E-state index < -0.39 is 36.0 Å². The van der Waals surface area contributed by atoms with E-state index in [0.717, 1.165) is 0 Å². The van der Waals surface area contributed by atoms with Crippen molar-refractivity contribution in [2.45, 2.75) is 57.1 Å². The van der Waals surface area contributed by atoms with E-state index >= 15 is 0 Å². The molecule has 22 heavy (non-hydrogen) atoms. The van der Waals surface area contributed by atoms with Crippen molar-refractivity contribution in [3.63, 3.8) is 0 Å². The van der Waals surface area contributed by atoms with Crippen molar-refractivity contribution in [2.75, 3.05) is 20.3 Å². The van der Waals surface area contributed by atoms with Crippen molar-refractivity contribution in [2.24, 2.45) is 0 Å². The molecule has 0 bridgehead atoms. The van der Waals surface area contributed by atoms with Gasteiger partial charge in [0.05, 0.1) is 18.8 Å². The zero-order valence-electron chi connectivity index (χ0n) is 13.4. The summed E-state index contributed by atoms with van der Waals surface area (Å²) in [6.45, 7) is 4.93. The maximum atomic E-state index is 12.1. The van der Waals surface area contributed by atoms with Crippen molar-refractivity contribution in [3.8, 4) is 11.8 Å². The van der Waals surface area contributed by atoms with Crippen molar-refractivity contribution in [3.05, 3.63) is 0 Å². The molecule has 1 saturated heterocycles. The number of aliphatic hydroxyl groups is 3. The molecule has 0 aromatic heterocycles. The van der Waals surface area contributed by atoms with Crippen LogP contribution in [-0.4, -0.2) is 76.5 Å². The lowest BCUT2D eigenvalue weighted by molar-refractivity contribution is -0.160. The number of amides is 1. The molecule has 0 radical (unpaired) electrons. The Balaban J connectivity index is 2.78. The Morgan fingerprint density at radius 2 is 2.00 bits per heavy atom. The van der Waals surface area contributed by atoms with Crippen molar-refractivity contribution < 1.29 is 29.6 Å². The van der Waals surface area contributed by atoms with E-state index in [9.17, 15) is 15.0 Å². The van der Waals surface area contributed by atoms with E-state index in [1.54, 1.807) is 20.8 Å². The number of aliphatic hydroxyl groups excluding tert-OH is 3. The van der Waals surface area contributed by atoms with Gasteiger partial charge in [0, 0.05) is 13.5 Å². The topological polar surface area (TPSA) is 99.5 Å². The van der Waals surface area contributed by atoms with Crippen LogP contribution in [0, 0.1) is 11.8 Å². The van der Waals surface area contributed by atoms with Crippen LogP contribution < -0.4 is 0 Å². The molecule has 0 aliphatic carbocycles. The summed E-state index contributed by atoms with van der Waals surface area (Å²) in [5.74, 6) is 5.15. The summed E-state index contributed by atoms with van der Waals surface area (Å²) in [6, 6.07) is -0.843. The Labute approximate surface area is 130 Å². The monoisotopic (exact) mass is 315 g/mol. The summed E-state index contributed by atoms with van der Waals surface area (Å²) in [5, 5.41) is 29.0. The minimum Gasteiger partial charge on any atom is -0.444 e. The molecular weight excluding hydrogens is 290 g/mol. The largest absolute Gasteiger partial charge is 0.444 e. The van der Waals surface area contributed by atoms with E-state index in [1.165, 1.54) is 11.9 Å². The first-order valence-corrected chi connectivity index (χ1v) is 7.17. The number of likely N-dealkylation sites (N-methyl/N-ethyl adjacent to an activating group) is 1. The molecule has 1 aliphatic heterocycles. The second-order valence-electron chi connectivity index (χ2n) is 6.23. The van der Waals surface area contributed by atoms with Crippen molar-refractivity contribution >= 4 is 6.09 Å². The van der Waals surface area contributed by atoms with Crippen LogP contribution in [0.15, 0.2) is 0 Å². The average molecular weight is 315 g/mol.